The minimum absolute atomic E-state index is 0.449. The number of anilines is 1. The van der Waals surface area contributed by atoms with Crippen LogP contribution >= 0.6 is 15.9 Å². The molecule has 1 aromatic rings. The second-order valence-corrected chi connectivity index (χ2v) is 4.81. The number of para-hydroxylation sites is 1. The lowest BCUT2D eigenvalue weighted by atomic mass is 9.94. The summed E-state index contributed by atoms with van der Waals surface area (Å²) in [4.78, 5) is 0. The van der Waals surface area contributed by atoms with Crippen molar-refractivity contribution in [3.63, 3.8) is 0 Å². The van der Waals surface area contributed by atoms with Crippen LogP contribution in [0.25, 0.3) is 0 Å². The number of hydrogen-bond acceptors (Lipinski definition) is 3. The number of rotatable bonds is 2. The van der Waals surface area contributed by atoms with E-state index in [9.17, 15) is 5.26 Å². The first kappa shape index (κ1) is 11.4. The molecular formula is C12H13BrN2O. The molecule has 1 aromatic carbocycles. The zero-order valence-electron chi connectivity index (χ0n) is 8.87. The highest BCUT2D eigenvalue weighted by Gasteiger charge is 2.33. The predicted molar refractivity (Wildman–Crippen MR) is 66.2 cm³/mol. The summed E-state index contributed by atoms with van der Waals surface area (Å²) in [6, 6.07) is 10.1. The zero-order valence-corrected chi connectivity index (χ0v) is 10.5. The van der Waals surface area contributed by atoms with Crippen LogP contribution in [0.1, 0.15) is 12.8 Å². The molecule has 1 aliphatic rings. The predicted octanol–water partition coefficient (Wildman–Crippen LogP) is 2.93. The zero-order chi connectivity index (χ0) is 11.4. The molecule has 1 aliphatic heterocycles. The van der Waals surface area contributed by atoms with Crippen molar-refractivity contribution < 1.29 is 4.74 Å². The largest absolute Gasteiger partial charge is 0.378 e. The lowest BCUT2D eigenvalue weighted by molar-refractivity contribution is 0.0666. The van der Waals surface area contributed by atoms with Gasteiger partial charge in [0, 0.05) is 16.8 Å². The standard InChI is InChI=1S/C12H13BrN2O/c13-10-4-1-2-5-11(10)15-12(8-14)6-3-7-16-9-12/h1-2,4-5,15H,3,6-7,9H2. The van der Waals surface area contributed by atoms with Crippen molar-refractivity contribution in [2.45, 2.75) is 18.4 Å². The van der Waals surface area contributed by atoms with E-state index in [0.717, 1.165) is 29.6 Å². The quantitative estimate of drug-likeness (QED) is 0.906. The van der Waals surface area contributed by atoms with Gasteiger partial charge in [-0.05, 0) is 40.9 Å². The molecule has 0 spiro atoms. The molecule has 0 amide bonds. The first-order chi connectivity index (χ1) is 7.76. The Balaban J connectivity index is 2.19. The summed E-state index contributed by atoms with van der Waals surface area (Å²) in [5.74, 6) is 0. The molecule has 84 valence electrons. The summed E-state index contributed by atoms with van der Waals surface area (Å²) in [6.45, 7) is 1.20. The van der Waals surface area contributed by atoms with Crippen LogP contribution in [0.3, 0.4) is 0 Å². The molecule has 1 saturated heterocycles. The van der Waals surface area contributed by atoms with Crippen molar-refractivity contribution in [1.82, 2.24) is 0 Å². The Kier molecular flexibility index (Phi) is 3.47. The van der Waals surface area contributed by atoms with Crippen LogP contribution in [0.4, 0.5) is 5.69 Å². The number of halogens is 1. The summed E-state index contributed by atoms with van der Waals surface area (Å²) in [6.07, 6.45) is 1.75. The Morgan fingerprint density at radius 1 is 1.44 bits per heavy atom. The van der Waals surface area contributed by atoms with E-state index in [4.69, 9.17) is 4.74 Å². The Hall–Kier alpha value is -1.05. The van der Waals surface area contributed by atoms with Crippen LogP contribution in [0.2, 0.25) is 0 Å². The third kappa shape index (κ3) is 2.37. The van der Waals surface area contributed by atoms with Gasteiger partial charge in [-0.2, -0.15) is 5.26 Å². The second-order valence-electron chi connectivity index (χ2n) is 3.95. The highest BCUT2D eigenvalue weighted by Crippen LogP contribution is 2.28. The van der Waals surface area contributed by atoms with Gasteiger partial charge in [0.25, 0.3) is 0 Å². The van der Waals surface area contributed by atoms with E-state index in [1.165, 1.54) is 0 Å². The number of nitrogens with zero attached hydrogens (tertiary/aromatic N) is 1. The van der Waals surface area contributed by atoms with Crippen LogP contribution in [0, 0.1) is 11.3 Å². The molecule has 16 heavy (non-hydrogen) atoms. The third-order valence-electron chi connectivity index (χ3n) is 2.70. The molecule has 4 heteroatoms. The molecule has 2 rings (SSSR count). The summed E-state index contributed by atoms with van der Waals surface area (Å²) in [7, 11) is 0. The number of nitriles is 1. The first-order valence-corrected chi connectivity index (χ1v) is 6.07. The van der Waals surface area contributed by atoms with Crippen molar-refractivity contribution in [3.8, 4) is 6.07 Å². The van der Waals surface area contributed by atoms with E-state index < -0.39 is 5.54 Å². The normalized spacial score (nSPS) is 24.8. The molecular weight excluding hydrogens is 268 g/mol. The minimum atomic E-state index is -0.581. The number of ether oxygens (including phenoxy) is 1. The molecule has 0 radical (unpaired) electrons. The van der Waals surface area contributed by atoms with Gasteiger partial charge in [0.05, 0.1) is 12.7 Å². The average molecular weight is 281 g/mol. The number of benzene rings is 1. The SMILES string of the molecule is N#CC1(Nc2ccccc2Br)CCCOC1. The van der Waals surface area contributed by atoms with Crippen molar-refractivity contribution in [2.24, 2.45) is 0 Å². The average Bonchev–Trinajstić information content (AvgIpc) is 2.33. The second kappa shape index (κ2) is 4.86. The van der Waals surface area contributed by atoms with Gasteiger partial charge >= 0.3 is 0 Å². The summed E-state index contributed by atoms with van der Waals surface area (Å²) in [5.41, 5.74) is 0.358. The molecule has 1 fully saturated rings. The summed E-state index contributed by atoms with van der Waals surface area (Å²) < 4.78 is 6.36. The Morgan fingerprint density at radius 2 is 2.25 bits per heavy atom. The van der Waals surface area contributed by atoms with E-state index in [0.29, 0.717) is 6.61 Å². The maximum Gasteiger partial charge on any atom is 0.149 e. The summed E-state index contributed by atoms with van der Waals surface area (Å²) in [5, 5.41) is 12.6. The van der Waals surface area contributed by atoms with Crippen molar-refractivity contribution in [1.29, 1.82) is 5.26 Å². The highest BCUT2D eigenvalue weighted by molar-refractivity contribution is 9.10. The van der Waals surface area contributed by atoms with Gasteiger partial charge < -0.3 is 10.1 Å². The van der Waals surface area contributed by atoms with Crippen molar-refractivity contribution >= 4 is 21.6 Å². The molecule has 3 nitrogen and oxygen atoms in total. The molecule has 1 heterocycles. The monoisotopic (exact) mass is 280 g/mol. The van der Waals surface area contributed by atoms with Gasteiger partial charge in [0.2, 0.25) is 0 Å². The minimum Gasteiger partial charge on any atom is -0.378 e. The Morgan fingerprint density at radius 3 is 2.88 bits per heavy atom. The first-order valence-electron chi connectivity index (χ1n) is 5.27. The van der Waals surface area contributed by atoms with Crippen LogP contribution in [0.15, 0.2) is 28.7 Å². The van der Waals surface area contributed by atoms with Gasteiger partial charge in [-0.25, -0.2) is 0 Å². The van der Waals surface area contributed by atoms with Gasteiger partial charge in [-0.3, -0.25) is 0 Å². The van der Waals surface area contributed by atoms with E-state index in [2.05, 4.69) is 27.3 Å². The van der Waals surface area contributed by atoms with Gasteiger partial charge in [0.15, 0.2) is 0 Å². The lowest BCUT2D eigenvalue weighted by Gasteiger charge is -2.32. The van der Waals surface area contributed by atoms with Crippen molar-refractivity contribution in [3.05, 3.63) is 28.7 Å². The molecule has 1 unspecified atom stereocenters. The molecule has 1 N–H and O–H groups in total. The Labute approximate surface area is 104 Å². The topological polar surface area (TPSA) is 45.0 Å². The van der Waals surface area contributed by atoms with Gasteiger partial charge in [-0.15, -0.1) is 0 Å². The molecule has 0 bridgehead atoms. The molecule has 0 saturated carbocycles. The Bertz CT molecular complexity index is 408. The van der Waals surface area contributed by atoms with Crippen LogP contribution in [-0.4, -0.2) is 18.8 Å². The lowest BCUT2D eigenvalue weighted by Crippen LogP contribution is -2.44. The summed E-state index contributed by atoms with van der Waals surface area (Å²) >= 11 is 3.46. The highest BCUT2D eigenvalue weighted by atomic mass is 79.9. The van der Waals surface area contributed by atoms with Gasteiger partial charge in [0.1, 0.15) is 5.54 Å². The molecule has 0 aliphatic carbocycles. The number of nitrogens with one attached hydrogen (secondary N) is 1. The van der Waals surface area contributed by atoms with Crippen LogP contribution < -0.4 is 5.32 Å². The maximum atomic E-state index is 9.29. The van der Waals surface area contributed by atoms with Crippen molar-refractivity contribution in [2.75, 3.05) is 18.5 Å². The maximum absolute atomic E-state index is 9.29. The van der Waals surface area contributed by atoms with E-state index in [-0.39, 0.29) is 0 Å². The number of hydrogen-bond donors (Lipinski definition) is 1. The fourth-order valence-electron chi connectivity index (χ4n) is 1.83. The fourth-order valence-corrected chi connectivity index (χ4v) is 2.21. The van der Waals surface area contributed by atoms with Crippen LogP contribution in [0.5, 0.6) is 0 Å². The smallest absolute Gasteiger partial charge is 0.149 e. The molecule has 1 atom stereocenters. The van der Waals surface area contributed by atoms with E-state index >= 15 is 0 Å². The van der Waals surface area contributed by atoms with Crippen LogP contribution in [-0.2, 0) is 4.74 Å². The van der Waals surface area contributed by atoms with Gasteiger partial charge in [-0.1, -0.05) is 12.1 Å². The van der Waals surface area contributed by atoms with E-state index in [1.807, 2.05) is 24.3 Å². The van der Waals surface area contributed by atoms with E-state index in [1.54, 1.807) is 0 Å². The third-order valence-corrected chi connectivity index (χ3v) is 3.39. The fraction of sp³-hybridized carbons (Fsp3) is 0.417. The molecule has 0 aromatic heterocycles.